The molecular weight excluding hydrogens is 146 g/mol. The van der Waals surface area contributed by atoms with Crippen molar-refractivity contribution < 1.29 is 0 Å². The van der Waals surface area contributed by atoms with Gasteiger partial charge in [0, 0.05) is 6.04 Å². The normalized spacial score (nSPS) is 15.7. The predicted molar refractivity (Wildman–Crippen MR) is 56.1 cm³/mol. The van der Waals surface area contributed by atoms with E-state index >= 15 is 0 Å². The Labute approximate surface area is 77.0 Å². The molecule has 0 aliphatic carbocycles. The van der Waals surface area contributed by atoms with Crippen LogP contribution in [0.5, 0.6) is 0 Å². The summed E-state index contributed by atoms with van der Waals surface area (Å²) in [5.41, 5.74) is 7.08. The first-order valence-corrected chi connectivity index (χ1v) is 5.05. The van der Waals surface area contributed by atoms with E-state index in [0.717, 1.165) is 18.8 Å². The molecular formula is C11H23N. The van der Waals surface area contributed by atoms with Crippen molar-refractivity contribution in [2.75, 3.05) is 0 Å². The molecule has 0 aliphatic rings. The van der Waals surface area contributed by atoms with Gasteiger partial charge >= 0.3 is 0 Å². The summed E-state index contributed by atoms with van der Waals surface area (Å²) in [5.74, 6) is 0.750. The lowest BCUT2D eigenvalue weighted by Crippen LogP contribution is -2.21. The molecule has 2 atom stereocenters. The standard InChI is InChI=1S/C11H23N/c1-5-7-9(3)8-10(4)11(12)6-2/h9,11H,4-8,12H2,1-3H3. The van der Waals surface area contributed by atoms with Crippen LogP contribution < -0.4 is 5.73 Å². The summed E-state index contributed by atoms with van der Waals surface area (Å²) < 4.78 is 0. The molecule has 0 bridgehead atoms. The minimum absolute atomic E-state index is 0.212. The quantitative estimate of drug-likeness (QED) is 0.607. The highest BCUT2D eigenvalue weighted by molar-refractivity contribution is 5.04. The van der Waals surface area contributed by atoms with Gasteiger partial charge in [-0.1, -0.05) is 45.8 Å². The maximum absolute atomic E-state index is 5.86. The van der Waals surface area contributed by atoms with Crippen molar-refractivity contribution in [1.82, 2.24) is 0 Å². The van der Waals surface area contributed by atoms with Crippen molar-refractivity contribution in [2.24, 2.45) is 11.7 Å². The Bertz CT molecular complexity index is 129. The summed E-state index contributed by atoms with van der Waals surface area (Å²) in [6.45, 7) is 10.6. The van der Waals surface area contributed by atoms with E-state index in [-0.39, 0.29) is 6.04 Å². The van der Waals surface area contributed by atoms with Gasteiger partial charge in [0.2, 0.25) is 0 Å². The number of rotatable bonds is 6. The SMILES string of the molecule is C=C(CC(C)CCC)C(N)CC. The number of hydrogen-bond donors (Lipinski definition) is 1. The molecule has 12 heavy (non-hydrogen) atoms. The molecule has 0 aliphatic heterocycles. The smallest absolute Gasteiger partial charge is 0.0248 e. The molecule has 0 fully saturated rings. The van der Waals surface area contributed by atoms with Crippen LogP contribution in [0.25, 0.3) is 0 Å². The van der Waals surface area contributed by atoms with E-state index in [1.807, 2.05) is 0 Å². The first-order chi connectivity index (χ1) is 5.61. The molecule has 0 amide bonds. The molecule has 1 heteroatoms. The van der Waals surface area contributed by atoms with Crippen LogP contribution in [0.2, 0.25) is 0 Å². The third-order valence-electron chi connectivity index (χ3n) is 2.36. The molecule has 0 spiro atoms. The molecule has 0 aromatic carbocycles. The Morgan fingerprint density at radius 2 is 2.00 bits per heavy atom. The lowest BCUT2D eigenvalue weighted by atomic mass is 9.93. The van der Waals surface area contributed by atoms with Gasteiger partial charge in [0.25, 0.3) is 0 Å². The topological polar surface area (TPSA) is 26.0 Å². The molecule has 0 saturated heterocycles. The summed E-state index contributed by atoms with van der Waals surface area (Å²) in [7, 11) is 0. The molecule has 2 N–H and O–H groups in total. The highest BCUT2D eigenvalue weighted by Gasteiger charge is 2.08. The second-order valence-corrected chi connectivity index (χ2v) is 3.77. The van der Waals surface area contributed by atoms with E-state index in [9.17, 15) is 0 Å². The van der Waals surface area contributed by atoms with Crippen molar-refractivity contribution in [3.8, 4) is 0 Å². The van der Waals surface area contributed by atoms with Gasteiger partial charge in [-0.3, -0.25) is 0 Å². The molecule has 0 rings (SSSR count). The molecule has 0 saturated carbocycles. The highest BCUT2D eigenvalue weighted by atomic mass is 14.6. The summed E-state index contributed by atoms with van der Waals surface area (Å²) >= 11 is 0. The van der Waals surface area contributed by atoms with E-state index < -0.39 is 0 Å². The summed E-state index contributed by atoms with van der Waals surface area (Å²) in [6.07, 6.45) is 4.66. The lowest BCUT2D eigenvalue weighted by Gasteiger charge is -2.16. The van der Waals surface area contributed by atoms with Crippen LogP contribution in [0.3, 0.4) is 0 Å². The Kier molecular flexibility index (Phi) is 6.09. The third-order valence-corrected chi connectivity index (χ3v) is 2.36. The predicted octanol–water partition coefficient (Wildman–Crippen LogP) is 3.11. The zero-order valence-electron chi connectivity index (χ0n) is 8.77. The van der Waals surface area contributed by atoms with Crippen molar-refractivity contribution >= 4 is 0 Å². The van der Waals surface area contributed by atoms with E-state index in [1.54, 1.807) is 0 Å². The average molecular weight is 169 g/mol. The van der Waals surface area contributed by atoms with Crippen molar-refractivity contribution in [3.63, 3.8) is 0 Å². The van der Waals surface area contributed by atoms with Crippen molar-refractivity contribution in [2.45, 2.75) is 52.5 Å². The zero-order chi connectivity index (χ0) is 9.56. The third kappa shape index (κ3) is 4.55. The molecule has 0 aromatic rings. The van der Waals surface area contributed by atoms with Crippen molar-refractivity contribution in [3.05, 3.63) is 12.2 Å². The Morgan fingerprint density at radius 3 is 2.42 bits per heavy atom. The second kappa shape index (κ2) is 6.24. The maximum Gasteiger partial charge on any atom is 0.0248 e. The molecule has 72 valence electrons. The van der Waals surface area contributed by atoms with Gasteiger partial charge < -0.3 is 5.73 Å². The average Bonchev–Trinajstić information content (AvgIpc) is 2.03. The Hall–Kier alpha value is -0.300. The van der Waals surface area contributed by atoms with Gasteiger partial charge in [-0.2, -0.15) is 0 Å². The van der Waals surface area contributed by atoms with Gasteiger partial charge in [-0.15, -0.1) is 0 Å². The van der Waals surface area contributed by atoms with Gasteiger partial charge in [-0.05, 0) is 18.8 Å². The molecule has 1 nitrogen and oxygen atoms in total. The molecule has 0 radical (unpaired) electrons. The monoisotopic (exact) mass is 169 g/mol. The van der Waals surface area contributed by atoms with Crippen LogP contribution in [0, 0.1) is 5.92 Å². The Balaban J connectivity index is 3.67. The first-order valence-electron chi connectivity index (χ1n) is 5.05. The van der Waals surface area contributed by atoms with E-state index in [2.05, 4.69) is 27.4 Å². The maximum atomic E-state index is 5.86. The number of nitrogens with two attached hydrogens (primary N) is 1. The van der Waals surface area contributed by atoms with Crippen LogP contribution in [0.4, 0.5) is 0 Å². The van der Waals surface area contributed by atoms with E-state index in [0.29, 0.717) is 0 Å². The van der Waals surface area contributed by atoms with Crippen LogP contribution in [-0.2, 0) is 0 Å². The van der Waals surface area contributed by atoms with Gasteiger partial charge in [-0.25, -0.2) is 0 Å². The Morgan fingerprint density at radius 1 is 1.42 bits per heavy atom. The molecule has 0 aromatic heterocycles. The zero-order valence-corrected chi connectivity index (χ0v) is 8.77. The van der Waals surface area contributed by atoms with Gasteiger partial charge in [0.1, 0.15) is 0 Å². The van der Waals surface area contributed by atoms with E-state index in [4.69, 9.17) is 5.73 Å². The minimum Gasteiger partial charge on any atom is -0.324 e. The van der Waals surface area contributed by atoms with Crippen LogP contribution in [0.15, 0.2) is 12.2 Å². The second-order valence-electron chi connectivity index (χ2n) is 3.77. The van der Waals surface area contributed by atoms with Gasteiger partial charge in [0.05, 0.1) is 0 Å². The van der Waals surface area contributed by atoms with Crippen LogP contribution in [-0.4, -0.2) is 6.04 Å². The molecule has 2 unspecified atom stereocenters. The summed E-state index contributed by atoms with van der Waals surface area (Å²) in [4.78, 5) is 0. The van der Waals surface area contributed by atoms with Gasteiger partial charge in [0.15, 0.2) is 0 Å². The largest absolute Gasteiger partial charge is 0.324 e. The fraction of sp³-hybridized carbons (Fsp3) is 0.818. The fourth-order valence-electron chi connectivity index (χ4n) is 1.48. The van der Waals surface area contributed by atoms with E-state index in [1.165, 1.54) is 18.4 Å². The lowest BCUT2D eigenvalue weighted by molar-refractivity contribution is 0.502. The fourth-order valence-corrected chi connectivity index (χ4v) is 1.48. The number of hydrogen-bond acceptors (Lipinski definition) is 1. The molecule has 0 heterocycles. The summed E-state index contributed by atoms with van der Waals surface area (Å²) in [5, 5.41) is 0. The van der Waals surface area contributed by atoms with Crippen molar-refractivity contribution in [1.29, 1.82) is 0 Å². The first kappa shape index (κ1) is 11.7. The highest BCUT2D eigenvalue weighted by Crippen LogP contribution is 2.17. The summed E-state index contributed by atoms with van der Waals surface area (Å²) in [6, 6.07) is 0.212. The minimum atomic E-state index is 0.212. The van der Waals surface area contributed by atoms with Crippen LogP contribution >= 0.6 is 0 Å². The van der Waals surface area contributed by atoms with Crippen LogP contribution in [0.1, 0.15) is 46.5 Å².